The fourth-order valence-electron chi connectivity index (χ4n) is 1.90. The van der Waals surface area contributed by atoms with Crippen LogP contribution in [0.15, 0.2) is 18.2 Å². The predicted molar refractivity (Wildman–Crippen MR) is 61.8 cm³/mol. The van der Waals surface area contributed by atoms with Gasteiger partial charge in [-0.1, -0.05) is 0 Å². The molecule has 0 fully saturated rings. The minimum absolute atomic E-state index is 0.246. The number of nitrogens with two attached hydrogens (primary N) is 1. The number of phenols is 1. The predicted octanol–water partition coefficient (Wildman–Crippen LogP) is 1.19. The van der Waals surface area contributed by atoms with Crippen molar-refractivity contribution in [2.24, 2.45) is 7.05 Å². The lowest BCUT2D eigenvalue weighted by Gasteiger charge is -2.03. The minimum atomic E-state index is 0.246. The number of nitrogens with zero attached hydrogens (tertiary/aromatic N) is 1. The van der Waals surface area contributed by atoms with Gasteiger partial charge in [-0.25, -0.2) is 0 Å². The van der Waals surface area contributed by atoms with Gasteiger partial charge in [-0.15, -0.1) is 0 Å². The van der Waals surface area contributed by atoms with E-state index in [0.717, 1.165) is 28.8 Å². The first-order valence-electron chi connectivity index (χ1n) is 4.85. The molecule has 1 aromatic heterocycles. The van der Waals surface area contributed by atoms with Gasteiger partial charge in [0.15, 0.2) is 0 Å². The fraction of sp³-hybridized carbons (Fsp3) is 0.273. The zero-order valence-corrected chi connectivity index (χ0v) is 8.91. The molecule has 2 aromatic rings. The highest BCUT2D eigenvalue weighted by molar-refractivity contribution is 5.94. The van der Waals surface area contributed by atoms with Gasteiger partial charge in [0, 0.05) is 19.0 Å². The van der Waals surface area contributed by atoms with Crippen molar-refractivity contribution in [2.75, 3.05) is 12.8 Å². The molecule has 4 nitrogen and oxygen atoms in total. The quantitative estimate of drug-likeness (QED) is 0.690. The summed E-state index contributed by atoms with van der Waals surface area (Å²) in [4.78, 5) is 0. The van der Waals surface area contributed by atoms with E-state index in [1.807, 2.05) is 24.7 Å². The number of hydrogen-bond acceptors (Lipinski definition) is 3. The Kier molecular flexibility index (Phi) is 2.28. The van der Waals surface area contributed by atoms with Gasteiger partial charge >= 0.3 is 0 Å². The van der Waals surface area contributed by atoms with Crippen molar-refractivity contribution in [3.05, 3.63) is 23.9 Å². The number of aryl methyl sites for hydroxylation is 1. The van der Waals surface area contributed by atoms with Crippen LogP contribution in [0.2, 0.25) is 0 Å². The van der Waals surface area contributed by atoms with Crippen molar-refractivity contribution in [2.45, 2.75) is 6.54 Å². The Morgan fingerprint density at radius 1 is 1.47 bits per heavy atom. The SMILES string of the molecule is CNCc1c(N)c2cc(O)ccc2n1C. The number of nitrogen functional groups attached to an aromatic ring is 1. The molecule has 0 aliphatic heterocycles. The molecule has 0 aliphatic rings. The van der Waals surface area contributed by atoms with E-state index < -0.39 is 0 Å². The Balaban J connectivity index is 2.73. The van der Waals surface area contributed by atoms with Crippen LogP contribution in [0.1, 0.15) is 5.69 Å². The van der Waals surface area contributed by atoms with Crippen LogP contribution in [-0.2, 0) is 13.6 Å². The molecule has 0 radical (unpaired) electrons. The van der Waals surface area contributed by atoms with E-state index in [0.29, 0.717) is 0 Å². The highest BCUT2D eigenvalue weighted by Gasteiger charge is 2.11. The van der Waals surface area contributed by atoms with E-state index in [2.05, 4.69) is 5.32 Å². The molecule has 1 heterocycles. The normalized spacial score (nSPS) is 11.1. The maximum atomic E-state index is 9.40. The van der Waals surface area contributed by atoms with Crippen LogP contribution in [0, 0.1) is 0 Å². The number of aromatic hydroxyl groups is 1. The average Bonchev–Trinajstić information content (AvgIpc) is 2.44. The Morgan fingerprint density at radius 2 is 2.20 bits per heavy atom. The summed E-state index contributed by atoms with van der Waals surface area (Å²) in [5, 5.41) is 13.4. The highest BCUT2D eigenvalue weighted by atomic mass is 16.3. The summed E-state index contributed by atoms with van der Waals surface area (Å²) >= 11 is 0. The molecule has 0 atom stereocenters. The summed E-state index contributed by atoms with van der Waals surface area (Å²) in [6, 6.07) is 5.24. The van der Waals surface area contributed by atoms with Gasteiger partial charge in [-0.3, -0.25) is 0 Å². The van der Waals surface area contributed by atoms with E-state index in [-0.39, 0.29) is 5.75 Å². The van der Waals surface area contributed by atoms with Crippen LogP contribution in [0.4, 0.5) is 5.69 Å². The molecule has 4 heteroatoms. The van der Waals surface area contributed by atoms with E-state index >= 15 is 0 Å². The molecule has 1 aromatic carbocycles. The number of anilines is 1. The first-order valence-corrected chi connectivity index (χ1v) is 4.85. The standard InChI is InChI=1S/C11H15N3O/c1-13-6-10-11(12)8-5-7(15)3-4-9(8)14(10)2/h3-5,13,15H,6,12H2,1-2H3. The molecule has 0 spiro atoms. The summed E-state index contributed by atoms with van der Waals surface area (Å²) in [6.07, 6.45) is 0. The van der Waals surface area contributed by atoms with Crippen LogP contribution in [-0.4, -0.2) is 16.7 Å². The molecule has 4 N–H and O–H groups in total. The minimum Gasteiger partial charge on any atom is -0.508 e. The van der Waals surface area contributed by atoms with Crippen LogP contribution in [0.25, 0.3) is 10.9 Å². The molecular formula is C11H15N3O. The zero-order valence-electron chi connectivity index (χ0n) is 8.91. The van der Waals surface area contributed by atoms with Crippen molar-refractivity contribution >= 4 is 16.6 Å². The second-order valence-corrected chi connectivity index (χ2v) is 3.65. The molecule has 80 valence electrons. The number of fused-ring (bicyclic) bond motifs is 1. The Morgan fingerprint density at radius 3 is 2.87 bits per heavy atom. The fourth-order valence-corrected chi connectivity index (χ4v) is 1.90. The molecule has 0 saturated carbocycles. The van der Waals surface area contributed by atoms with E-state index in [9.17, 15) is 5.11 Å². The lowest BCUT2D eigenvalue weighted by Crippen LogP contribution is -2.10. The Hall–Kier alpha value is -1.68. The smallest absolute Gasteiger partial charge is 0.116 e. The Labute approximate surface area is 88.3 Å². The molecule has 0 unspecified atom stereocenters. The summed E-state index contributed by atoms with van der Waals surface area (Å²) in [7, 11) is 3.86. The van der Waals surface area contributed by atoms with Crippen LogP contribution < -0.4 is 11.1 Å². The number of nitrogens with one attached hydrogen (secondary N) is 1. The number of phenolic OH excluding ortho intramolecular Hbond substituents is 1. The summed E-state index contributed by atoms with van der Waals surface area (Å²) in [5.41, 5.74) is 8.83. The molecule has 0 amide bonds. The van der Waals surface area contributed by atoms with Gasteiger partial charge in [0.2, 0.25) is 0 Å². The second-order valence-electron chi connectivity index (χ2n) is 3.65. The lowest BCUT2D eigenvalue weighted by molar-refractivity contribution is 0.476. The third-order valence-corrected chi connectivity index (χ3v) is 2.69. The van der Waals surface area contributed by atoms with Crippen molar-refractivity contribution in [3.8, 4) is 5.75 Å². The molecule has 15 heavy (non-hydrogen) atoms. The second kappa shape index (κ2) is 3.47. The monoisotopic (exact) mass is 205 g/mol. The number of rotatable bonds is 2. The molecule has 0 aliphatic carbocycles. The van der Waals surface area contributed by atoms with Gasteiger partial charge in [-0.2, -0.15) is 0 Å². The topological polar surface area (TPSA) is 63.2 Å². The van der Waals surface area contributed by atoms with E-state index in [1.54, 1.807) is 12.1 Å². The number of hydrogen-bond donors (Lipinski definition) is 3. The maximum absolute atomic E-state index is 9.40. The highest BCUT2D eigenvalue weighted by Crippen LogP contribution is 2.30. The first kappa shape index (κ1) is 9.86. The van der Waals surface area contributed by atoms with Crippen molar-refractivity contribution in [3.63, 3.8) is 0 Å². The zero-order chi connectivity index (χ0) is 11.0. The van der Waals surface area contributed by atoms with Crippen molar-refractivity contribution in [1.82, 2.24) is 9.88 Å². The Bertz CT molecular complexity index is 502. The van der Waals surface area contributed by atoms with Gasteiger partial charge in [0.25, 0.3) is 0 Å². The lowest BCUT2D eigenvalue weighted by atomic mass is 10.2. The number of aromatic nitrogens is 1. The molecule has 0 bridgehead atoms. The molecule has 2 rings (SSSR count). The third-order valence-electron chi connectivity index (χ3n) is 2.69. The van der Waals surface area contributed by atoms with E-state index in [1.165, 1.54) is 0 Å². The van der Waals surface area contributed by atoms with E-state index in [4.69, 9.17) is 5.73 Å². The average molecular weight is 205 g/mol. The van der Waals surface area contributed by atoms with Crippen LogP contribution in [0.5, 0.6) is 5.75 Å². The van der Waals surface area contributed by atoms with Crippen LogP contribution in [0.3, 0.4) is 0 Å². The summed E-state index contributed by atoms with van der Waals surface area (Å²) < 4.78 is 2.04. The van der Waals surface area contributed by atoms with Crippen molar-refractivity contribution < 1.29 is 5.11 Å². The summed E-state index contributed by atoms with van der Waals surface area (Å²) in [5.74, 6) is 0.246. The van der Waals surface area contributed by atoms with Crippen molar-refractivity contribution in [1.29, 1.82) is 0 Å². The van der Waals surface area contributed by atoms with Gasteiger partial charge in [-0.05, 0) is 25.2 Å². The van der Waals surface area contributed by atoms with Gasteiger partial charge in [0.1, 0.15) is 5.75 Å². The third kappa shape index (κ3) is 1.43. The van der Waals surface area contributed by atoms with Gasteiger partial charge < -0.3 is 20.7 Å². The largest absolute Gasteiger partial charge is 0.508 e. The molecular weight excluding hydrogens is 190 g/mol. The first-order chi connectivity index (χ1) is 7.15. The maximum Gasteiger partial charge on any atom is 0.116 e. The molecule has 0 saturated heterocycles. The summed E-state index contributed by atoms with van der Waals surface area (Å²) in [6.45, 7) is 0.720. The van der Waals surface area contributed by atoms with Crippen LogP contribution >= 0.6 is 0 Å². The van der Waals surface area contributed by atoms with Gasteiger partial charge in [0.05, 0.1) is 16.9 Å². The number of benzene rings is 1.